The van der Waals surface area contributed by atoms with E-state index in [9.17, 15) is 22.4 Å². The molecule has 4 rings (SSSR count). The van der Waals surface area contributed by atoms with Gasteiger partial charge in [-0.2, -0.15) is 18.3 Å². The molecular formula is C26H28ClF4N3OS. The maximum Gasteiger partial charge on any atom is 0.416 e. The van der Waals surface area contributed by atoms with Gasteiger partial charge in [-0.05, 0) is 68.3 Å². The maximum absolute atomic E-state index is 13.2. The van der Waals surface area contributed by atoms with E-state index in [1.165, 1.54) is 28.9 Å². The van der Waals surface area contributed by atoms with Gasteiger partial charge in [-0.15, -0.1) is 11.8 Å². The van der Waals surface area contributed by atoms with Crippen LogP contribution in [-0.4, -0.2) is 20.9 Å². The molecule has 194 valence electrons. The van der Waals surface area contributed by atoms with Crippen molar-refractivity contribution >= 4 is 29.3 Å². The van der Waals surface area contributed by atoms with Gasteiger partial charge in [0.2, 0.25) is 5.91 Å². The lowest BCUT2D eigenvalue weighted by Crippen LogP contribution is -2.42. The van der Waals surface area contributed by atoms with E-state index in [0.717, 1.165) is 36.3 Å². The first kappa shape index (κ1) is 28.1. The molecule has 2 atom stereocenters. The van der Waals surface area contributed by atoms with Gasteiger partial charge in [-0.1, -0.05) is 31.9 Å². The van der Waals surface area contributed by atoms with Crippen LogP contribution < -0.4 is 5.32 Å². The molecule has 1 N–H and O–H groups in total. The second kappa shape index (κ2) is 11.7. The summed E-state index contributed by atoms with van der Waals surface area (Å²) in [5, 5.41) is 7.31. The standard InChI is InChI=1S/C24H22ClF4N3OS.C2H6/c1-23(12-2-3-20(23)34-19-10-6-17(26)7-11-19)22(33)30-13-15-14-32(31-21(15)25)18-8-4-16(5-9-18)24(27,28)29;1-2/h4-11,14,20H,2-3,12-13H2,1H3,(H,30,33);1-2H3. The van der Waals surface area contributed by atoms with E-state index < -0.39 is 17.2 Å². The molecule has 1 aromatic heterocycles. The highest BCUT2D eigenvalue weighted by Crippen LogP contribution is 2.47. The molecule has 3 aromatic rings. The molecule has 1 heterocycles. The summed E-state index contributed by atoms with van der Waals surface area (Å²) >= 11 is 7.80. The zero-order chi connectivity index (χ0) is 26.5. The Bertz CT molecular complexity index is 1170. The van der Waals surface area contributed by atoms with E-state index >= 15 is 0 Å². The van der Waals surface area contributed by atoms with Crippen molar-refractivity contribution in [1.82, 2.24) is 15.1 Å². The van der Waals surface area contributed by atoms with Gasteiger partial charge in [-0.25, -0.2) is 9.07 Å². The third-order valence-corrected chi connectivity index (χ3v) is 8.02. The van der Waals surface area contributed by atoms with Gasteiger partial charge in [0.05, 0.1) is 16.7 Å². The highest BCUT2D eigenvalue weighted by Gasteiger charge is 2.45. The average molecular weight is 542 g/mol. The summed E-state index contributed by atoms with van der Waals surface area (Å²) in [6.45, 7) is 6.07. The summed E-state index contributed by atoms with van der Waals surface area (Å²) in [4.78, 5) is 14.1. The highest BCUT2D eigenvalue weighted by atomic mass is 35.5. The average Bonchev–Trinajstić information content (AvgIpc) is 3.42. The lowest BCUT2D eigenvalue weighted by Gasteiger charge is -2.30. The molecule has 1 fully saturated rings. The van der Waals surface area contributed by atoms with E-state index in [-0.39, 0.29) is 28.7 Å². The number of halogens is 5. The second-order valence-electron chi connectivity index (χ2n) is 8.49. The molecule has 2 unspecified atom stereocenters. The molecule has 0 radical (unpaired) electrons. The Morgan fingerprint density at radius 3 is 2.42 bits per heavy atom. The molecule has 0 aliphatic heterocycles. The Kier molecular flexibility index (Phi) is 9.11. The highest BCUT2D eigenvalue weighted by molar-refractivity contribution is 8.00. The van der Waals surface area contributed by atoms with Gasteiger partial charge in [0.1, 0.15) is 5.82 Å². The van der Waals surface area contributed by atoms with Crippen molar-refractivity contribution in [3.63, 3.8) is 0 Å². The van der Waals surface area contributed by atoms with Crippen molar-refractivity contribution in [2.75, 3.05) is 0 Å². The molecule has 4 nitrogen and oxygen atoms in total. The van der Waals surface area contributed by atoms with E-state index in [1.54, 1.807) is 30.1 Å². The van der Waals surface area contributed by atoms with Crippen LogP contribution in [0.25, 0.3) is 5.69 Å². The second-order valence-corrected chi connectivity index (χ2v) is 10.1. The minimum absolute atomic E-state index is 0.0447. The SMILES string of the molecule is CC.CC1(C(=O)NCc2cn(-c3ccc(C(F)(F)F)cc3)nc2Cl)CCCC1Sc1ccc(F)cc1. The van der Waals surface area contributed by atoms with Gasteiger partial charge in [-0.3, -0.25) is 4.79 Å². The molecule has 2 aromatic carbocycles. The Hall–Kier alpha value is -2.52. The van der Waals surface area contributed by atoms with Gasteiger partial charge in [0, 0.05) is 28.5 Å². The Morgan fingerprint density at radius 1 is 1.17 bits per heavy atom. The van der Waals surface area contributed by atoms with Crippen LogP contribution in [0.4, 0.5) is 17.6 Å². The number of nitrogens with zero attached hydrogens (tertiary/aromatic N) is 2. The number of benzene rings is 2. The quantitative estimate of drug-likeness (QED) is 0.326. The summed E-state index contributed by atoms with van der Waals surface area (Å²) in [7, 11) is 0. The number of carbonyl (C=O) groups excluding carboxylic acids is 1. The third-order valence-electron chi connectivity index (χ3n) is 6.12. The molecule has 0 saturated heterocycles. The first-order valence-electron chi connectivity index (χ1n) is 11.7. The van der Waals surface area contributed by atoms with E-state index in [4.69, 9.17) is 11.6 Å². The van der Waals surface area contributed by atoms with E-state index in [2.05, 4.69) is 10.4 Å². The number of carbonyl (C=O) groups is 1. The summed E-state index contributed by atoms with van der Waals surface area (Å²) in [5.74, 6) is -0.409. The van der Waals surface area contributed by atoms with Crippen LogP contribution in [-0.2, 0) is 17.5 Å². The summed E-state index contributed by atoms with van der Waals surface area (Å²) in [6.07, 6.45) is -0.309. The summed E-state index contributed by atoms with van der Waals surface area (Å²) < 4.78 is 53.0. The maximum atomic E-state index is 13.2. The molecule has 10 heteroatoms. The predicted molar refractivity (Wildman–Crippen MR) is 135 cm³/mol. The Balaban J connectivity index is 0.00000176. The van der Waals surface area contributed by atoms with Crippen molar-refractivity contribution in [3.05, 3.63) is 76.8 Å². The lowest BCUT2D eigenvalue weighted by molar-refractivity contribution is -0.137. The molecule has 1 aliphatic rings. The number of amides is 1. The normalized spacial score (nSPS) is 19.5. The fraction of sp³-hybridized carbons (Fsp3) is 0.385. The predicted octanol–water partition coefficient (Wildman–Crippen LogP) is 7.68. The largest absolute Gasteiger partial charge is 0.416 e. The molecule has 0 spiro atoms. The molecule has 1 amide bonds. The first-order valence-corrected chi connectivity index (χ1v) is 12.9. The Morgan fingerprint density at radius 2 is 1.81 bits per heavy atom. The number of hydrogen-bond donors (Lipinski definition) is 1. The number of hydrogen-bond acceptors (Lipinski definition) is 3. The smallest absolute Gasteiger partial charge is 0.351 e. The van der Waals surface area contributed by atoms with Crippen LogP contribution in [0.3, 0.4) is 0 Å². The van der Waals surface area contributed by atoms with Crippen molar-refractivity contribution in [3.8, 4) is 5.69 Å². The van der Waals surface area contributed by atoms with Gasteiger partial charge < -0.3 is 5.32 Å². The fourth-order valence-electron chi connectivity index (χ4n) is 4.08. The van der Waals surface area contributed by atoms with Gasteiger partial charge in [0.25, 0.3) is 0 Å². The van der Waals surface area contributed by atoms with Crippen molar-refractivity contribution in [1.29, 1.82) is 0 Å². The third kappa shape index (κ3) is 6.42. The van der Waals surface area contributed by atoms with Crippen LogP contribution in [0.1, 0.15) is 51.2 Å². The zero-order valence-corrected chi connectivity index (χ0v) is 21.8. The molecule has 1 saturated carbocycles. The summed E-state index contributed by atoms with van der Waals surface area (Å²) in [5.41, 5.74) is -0.375. The van der Waals surface area contributed by atoms with Crippen molar-refractivity contribution < 1.29 is 22.4 Å². The monoisotopic (exact) mass is 541 g/mol. The number of alkyl halides is 3. The molecular weight excluding hydrogens is 514 g/mol. The van der Waals surface area contributed by atoms with Crippen LogP contribution in [0, 0.1) is 11.2 Å². The Labute approximate surface area is 217 Å². The summed E-state index contributed by atoms with van der Waals surface area (Å²) in [6, 6.07) is 10.8. The van der Waals surface area contributed by atoms with E-state index in [0.29, 0.717) is 11.3 Å². The van der Waals surface area contributed by atoms with Crippen molar-refractivity contribution in [2.45, 2.75) is 62.9 Å². The first-order chi connectivity index (χ1) is 17.1. The fourth-order valence-corrected chi connectivity index (χ4v) is 5.67. The van der Waals surface area contributed by atoms with Crippen molar-refractivity contribution in [2.24, 2.45) is 5.41 Å². The minimum Gasteiger partial charge on any atom is -0.351 e. The topological polar surface area (TPSA) is 46.9 Å². The van der Waals surface area contributed by atoms with Crippen LogP contribution >= 0.6 is 23.4 Å². The minimum atomic E-state index is -4.42. The molecule has 0 bridgehead atoms. The zero-order valence-electron chi connectivity index (χ0n) is 20.2. The number of aromatic nitrogens is 2. The van der Waals surface area contributed by atoms with E-state index in [1.807, 2.05) is 20.8 Å². The van der Waals surface area contributed by atoms with Gasteiger partial charge in [0.15, 0.2) is 5.15 Å². The molecule has 36 heavy (non-hydrogen) atoms. The number of rotatable bonds is 6. The van der Waals surface area contributed by atoms with Crippen LogP contribution in [0.15, 0.2) is 59.6 Å². The number of nitrogens with one attached hydrogen (secondary N) is 1. The van der Waals surface area contributed by atoms with Crippen LogP contribution in [0.2, 0.25) is 5.15 Å². The number of thioether (sulfide) groups is 1. The van der Waals surface area contributed by atoms with Crippen LogP contribution in [0.5, 0.6) is 0 Å². The molecule has 1 aliphatic carbocycles. The lowest BCUT2D eigenvalue weighted by atomic mass is 9.87. The van der Waals surface area contributed by atoms with Gasteiger partial charge >= 0.3 is 6.18 Å².